The van der Waals surface area contributed by atoms with Crippen LogP contribution < -0.4 is 15.6 Å². The van der Waals surface area contributed by atoms with Crippen molar-refractivity contribution in [3.05, 3.63) is 24.5 Å². The predicted octanol–water partition coefficient (Wildman–Crippen LogP) is -0.352. The Labute approximate surface area is 73.2 Å². The van der Waals surface area contributed by atoms with Gasteiger partial charge in [-0.25, -0.2) is 4.57 Å². The number of aryl methyl sites for hydroxylation is 1. The van der Waals surface area contributed by atoms with Gasteiger partial charge in [0.05, 0.1) is 18.7 Å². The van der Waals surface area contributed by atoms with Gasteiger partial charge in [0.1, 0.15) is 0 Å². The van der Waals surface area contributed by atoms with Crippen molar-refractivity contribution < 1.29 is 10.3 Å². The lowest BCUT2D eigenvalue weighted by atomic mass is 10.4. The maximum atomic E-state index is 3.81. The van der Waals surface area contributed by atoms with Gasteiger partial charge in [0.15, 0.2) is 18.9 Å². The van der Waals surface area contributed by atoms with E-state index in [1.807, 2.05) is 7.05 Å². The van der Waals surface area contributed by atoms with Crippen LogP contribution in [0.15, 0.2) is 24.5 Å². The van der Waals surface area contributed by atoms with Crippen molar-refractivity contribution in [3.8, 4) is 0 Å². The highest BCUT2D eigenvalue weighted by Gasteiger charge is 1.99. The van der Waals surface area contributed by atoms with Crippen LogP contribution in [0.5, 0.6) is 0 Å². The third-order valence-corrected chi connectivity index (χ3v) is 1.81. The number of hydrogen-bond donors (Lipinski definition) is 2. The highest BCUT2D eigenvalue weighted by molar-refractivity contribution is 5.36. The van der Waals surface area contributed by atoms with Gasteiger partial charge in [0, 0.05) is 13.1 Å². The van der Waals surface area contributed by atoms with Gasteiger partial charge in [0.2, 0.25) is 0 Å². The van der Waals surface area contributed by atoms with E-state index in [9.17, 15) is 0 Å². The van der Waals surface area contributed by atoms with Crippen molar-refractivity contribution in [3.63, 3.8) is 0 Å². The fourth-order valence-corrected chi connectivity index (χ4v) is 1.10. The molecule has 4 N–H and O–H groups in total. The number of hydrogen-bond acceptors (Lipinski definition) is 1. The van der Waals surface area contributed by atoms with Crippen LogP contribution in [0.4, 0.5) is 5.69 Å². The minimum absolute atomic E-state index is 0.997. The van der Waals surface area contributed by atoms with Gasteiger partial charge in [0.25, 0.3) is 0 Å². The molecule has 1 rings (SSSR count). The van der Waals surface area contributed by atoms with Gasteiger partial charge in [-0.3, -0.25) is 0 Å². The summed E-state index contributed by atoms with van der Waals surface area (Å²) in [6, 6.07) is 4.11. The van der Waals surface area contributed by atoms with Crippen molar-refractivity contribution >= 4 is 5.69 Å². The molecule has 0 saturated carbocycles. The lowest BCUT2D eigenvalue weighted by Gasteiger charge is -1.98. The summed E-state index contributed by atoms with van der Waals surface area (Å²) >= 11 is 0. The van der Waals surface area contributed by atoms with Crippen molar-refractivity contribution in [2.24, 2.45) is 0 Å². The first-order valence-corrected chi connectivity index (χ1v) is 4.33. The molecule has 0 spiro atoms. The molecule has 0 fully saturated rings. The molecule has 3 heteroatoms. The Morgan fingerprint density at radius 1 is 1.58 bits per heavy atom. The Hall–Kier alpha value is -1.09. The summed E-state index contributed by atoms with van der Waals surface area (Å²) in [5.74, 6) is 0. The Morgan fingerprint density at radius 2 is 2.42 bits per heavy atom. The molecule has 1 heterocycles. The topological polar surface area (TPSA) is 43.5 Å². The van der Waals surface area contributed by atoms with Gasteiger partial charge in [-0.15, -0.1) is 0 Å². The number of anilines is 1. The molecule has 0 aliphatic heterocycles. The predicted molar refractivity (Wildman–Crippen MR) is 48.6 cm³/mol. The van der Waals surface area contributed by atoms with Crippen LogP contribution in [0.3, 0.4) is 0 Å². The van der Waals surface area contributed by atoms with E-state index in [4.69, 9.17) is 0 Å². The van der Waals surface area contributed by atoms with Crippen molar-refractivity contribution in [2.75, 3.05) is 18.9 Å². The van der Waals surface area contributed by atoms with Gasteiger partial charge < -0.3 is 11.1 Å². The SMILES string of the molecule is CNc1ccc[n+](CCC[NH3+])c1. The van der Waals surface area contributed by atoms with E-state index in [2.05, 4.69) is 40.1 Å². The monoisotopic (exact) mass is 167 g/mol. The zero-order valence-corrected chi connectivity index (χ0v) is 7.59. The molecule has 0 amide bonds. The molecule has 66 valence electrons. The van der Waals surface area contributed by atoms with Gasteiger partial charge in [-0.2, -0.15) is 0 Å². The summed E-state index contributed by atoms with van der Waals surface area (Å²) in [7, 11) is 1.93. The Bertz CT molecular complexity index is 235. The average Bonchev–Trinajstić information content (AvgIpc) is 2.15. The molecule has 1 aromatic heterocycles. The Kier molecular flexibility index (Phi) is 3.54. The summed E-state index contributed by atoms with van der Waals surface area (Å²) < 4.78 is 2.18. The van der Waals surface area contributed by atoms with E-state index in [-0.39, 0.29) is 0 Å². The lowest BCUT2D eigenvalue weighted by Crippen LogP contribution is -2.51. The van der Waals surface area contributed by atoms with Crippen LogP contribution in [0, 0.1) is 0 Å². The van der Waals surface area contributed by atoms with Crippen LogP contribution in [0.2, 0.25) is 0 Å². The highest BCUT2D eigenvalue weighted by Crippen LogP contribution is 1.98. The van der Waals surface area contributed by atoms with Crippen LogP contribution >= 0.6 is 0 Å². The summed E-state index contributed by atoms with van der Waals surface area (Å²) in [4.78, 5) is 0. The molecule has 0 unspecified atom stereocenters. The minimum atomic E-state index is 0.997. The third-order valence-electron chi connectivity index (χ3n) is 1.81. The first-order valence-electron chi connectivity index (χ1n) is 4.33. The summed E-state index contributed by atoms with van der Waals surface area (Å²) in [5, 5.41) is 3.11. The molecule has 3 nitrogen and oxygen atoms in total. The molecule has 0 aliphatic rings. The van der Waals surface area contributed by atoms with E-state index in [0.29, 0.717) is 0 Å². The molecular formula is C9H17N3+2. The molecule has 1 aromatic rings. The van der Waals surface area contributed by atoms with Crippen LogP contribution in [0.25, 0.3) is 0 Å². The van der Waals surface area contributed by atoms with E-state index in [1.165, 1.54) is 0 Å². The van der Waals surface area contributed by atoms with Crippen molar-refractivity contribution in [1.29, 1.82) is 0 Å². The number of quaternary nitrogens is 1. The molecule has 0 radical (unpaired) electrons. The fraction of sp³-hybridized carbons (Fsp3) is 0.444. The largest absolute Gasteiger partial charge is 0.383 e. The quantitative estimate of drug-likeness (QED) is 0.591. The normalized spacial score (nSPS) is 9.83. The van der Waals surface area contributed by atoms with Gasteiger partial charge in [-0.05, 0) is 6.07 Å². The highest BCUT2D eigenvalue weighted by atomic mass is 15.0. The number of nitrogens with zero attached hydrogens (tertiary/aromatic N) is 1. The fourth-order valence-electron chi connectivity index (χ4n) is 1.10. The molecule has 0 saturated heterocycles. The lowest BCUT2D eigenvalue weighted by molar-refractivity contribution is -0.698. The summed E-state index contributed by atoms with van der Waals surface area (Å²) in [5.41, 5.74) is 4.97. The van der Waals surface area contributed by atoms with E-state index in [0.717, 1.165) is 25.2 Å². The zero-order valence-electron chi connectivity index (χ0n) is 7.59. The Balaban J connectivity index is 2.60. The van der Waals surface area contributed by atoms with Gasteiger partial charge >= 0.3 is 0 Å². The van der Waals surface area contributed by atoms with Crippen molar-refractivity contribution in [1.82, 2.24) is 0 Å². The first-order chi connectivity index (χ1) is 5.86. The standard InChI is InChI=1S/C9H16N3/c1-11-9-4-2-6-12(8-9)7-3-5-10/h2,4,6,8,11H,3,5,7,10H2,1H3/q+1/p+1. The maximum absolute atomic E-state index is 3.81. The zero-order chi connectivity index (χ0) is 8.81. The second-order valence-electron chi connectivity index (χ2n) is 2.79. The summed E-state index contributed by atoms with van der Waals surface area (Å²) in [6.07, 6.45) is 5.32. The Morgan fingerprint density at radius 3 is 3.08 bits per heavy atom. The molecule has 0 aliphatic carbocycles. The van der Waals surface area contributed by atoms with E-state index in [1.54, 1.807) is 0 Å². The van der Waals surface area contributed by atoms with Crippen LogP contribution in [0.1, 0.15) is 6.42 Å². The molecule has 12 heavy (non-hydrogen) atoms. The second-order valence-corrected chi connectivity index (χ2v) is 2.79. The molecule has 0 atom stereocenters. The number of pyridine rings is 1. The third kappa shape index (κ3) is 2.51. The summed E-state index contributed by atoms with van der Waals surface area (Å²) in [6.45, 7) is 2.05. The average molecular weight is 167 g/mol. The number of rotatable bonds is 4. The second kappa shape index (κ2) is 4.72. The smallest absolute Gasteiger partial charge is 0.192 e. The molecule has 0 bridgehead atoms. The molecular weight excluding hydrogens is 150 g/mol. The van der Waals surface area contributed by atoms with E-state index < -0.39 is 0 Å². The number of nitrogens with one attached hydrogen (secondary N) is 1. The van der Waals surface area contributed by atoms with Crippen LogP contribution in [-0.2, 0) is 6.54 Å². The van der Waals surface area contributed by atoms with E-state index >= 15 is 0 Å². The van der Waals surface area contributed by atoms with Crippen LogP contribution in [-0.4, -0.2) is 13.6 Å². The van der Waals surface area contributed by atoms with Gasteiger partial charge in [-0.1, -0.05) is 0 Å². The minimum Gasteiger partial charge on any atom is -0.383 e. The first kappa shape index (κ1) is 9.00. The molecule has 0 aromatic carbocycles. The maximum Gasteiger partial charge on any atom is 0.192 e. The van der Waals surface area contributed by atoms with Crippen molar-refractivity contribution in [2.45, 2.75) is 13.0 Å². The number of aromatic nitrogens is 1.